The minimum absolute atomic E-state index is 0.101. The number of thiazole rings is 1. The second kappa shape index (κ2) is 8.54. The van der Waals surface area contributed by atoms with E-state index in [2.05, 4.69) is 9.98 Å². The van der Waals surface area contributed by atoms with Gasteiger partial charge in [-0.15, -0.1) is 0 Å². The molecule has 0 saturated heterocycles. The maximum absolute atomic E-state index is 12.9. The lowest BCUT2D eigenvalue weighted by Gasteiger charge is -2.06. The van der Waals surface area contributed by atoms with Gasteiger partial charge in [0, 0.05) is 26.2 Å². The van der Waals surface area contributed by atoms with E-state index in [0.717, 1.165) is 9.27 Å². The molecule has 0 spiro atoms. The van der Waals surface area contributed by atoms with Crippen LogP contribution < -0.4 is 25.5 Å². The normalized spacial score (nSPS) is 13.2. The number of imidazole rings is 1. The summed E-state index contributed by atoms with van der Waals surface area (Å²) < 4.78 is 21.8. The Morgan fingerprint density at radius 3 is 2.63 bits per heavy atom. The minimum atomic E-state index is -0.579. The fourth-order valence-corrected chi connectivity index (χ4v) is 4.89. The van der Waals surface area contributed by atoms with Gasteiger partial charge in [-0.2, -0.15) is 4.99 Å². The van der Waals surface area contributed by atoms with Crippen LogP contribution in [0.3, 0.4) is 0 Å². The third-order valence-electron chi connectivity index (χ3n) is 5.51. The average Bonchev–Trinajstić information content (AvgIpc) is 3.53. The monoisotopic (exact) mass is 500 g/mol. The zero-order chi connectivity index (χ0) is 24.9. The van der Waals surface area contributed by atoms with E-state index < -0.39 is 23.1 Å². The van der Waals surface area contributed by atoms with Crippen LogP contribution >= 0.6 is 11.3 Å². The maximum atomic E-state index is 12.9. The topological polar surface area (TPSA) is 141 Å². The fourth-order valence-electron chi connectivity index (χ4n) is 3.84. The van der Waals surface area contributed by atoms with E-state index in [4.69, 9.17) is 14.2 Å². The first kappa shape index (κ1) is 22.6. The van der Waals surface area contributed by atoms with Crippen molar-refractivity contribution in [3.05, 3.63) is 44.1 Å². The molecule has 0 bridgehead atoms. The zero-order valence-corrected chi connectivity index (χ0v) is 19.8. The molecule has 182 valence electrons. The van der Waals surface area contributed by atoms with Crippen LogP contribution in [0.15, 0.2) is 33.0 Å². The highest BCUT2D eigenvalue weighted by molar-refractivity contribution is 7.16. The van der Waals surface area contributed by atoms with Crippen LogP contribution in [0, 0.1) is 0 Å². The summed E-state index contributed by atoms with van der Waals surface area (Å²) in [6, 6.07) is 3.49. The molecule has 1 aliphatic heterocycles. The number of benzene rings is 1. The lowest BCUT2D eigenvalue weighted by atomic mass is 10.3. The summed E-state index contributed by atoms with van der Waals surface area (Å²) >= 11 is 1.20. The summed E-state index contributed by atoms with van der Waals surface area (Å²) in [5.74, 6) is 0.0246. The molecule has 0 saturated carbocycles. The molecule has 14 heteroatoms. The molecule has 0 aliphatic carbocycles. The van der Waals surface area contributed by atoms with Crippen LogP contribution in [0.5, 0.6) is 11.5 Å². The summed E-state index contributed by atoms with van der Waals surface area (Å²) in [4.78, 5) is 58.6. The Balaban J connectivity index is 1.58. The summed E-state index contributed by atoms with van der Waals surface area (Å²) in [7, 11) is 2.85. The molecule has 0 radical (unpaired) electrons. The van der Waals surface area contributed by atoms with E-state index in [-0.39, 0.29) is 42.5 Å². The number of rotatable bonds is 5. The molecule has 35 heavy (non-hydrogen) atoms. The smallest absolute Gasteiger partial charge is 0.332 e. The SMILES string of the molecule is CCOC(=O)Cn1c(=NC(=O)Cn2cnc3c2c(=O)n(C)c(=O)n3C)sc2cc3c(cc21)OCO3. The molecule has 1 aliphatic rings. The Labute approximate surface area is 200 Å². The number of fused-ring (bicyclic) bond motifs is 3. The number of hydrogen-bond donors (Lipinski definition) is 0. The van der Waals surface area contributed by atoms with Crippen molar-refractivity contribution < 1.29 is 23.8 Å². The van der Waals surface area contributed by atoms with E-state index in [9.17, 15) is 19.2 Å². The Morgan fingerprint density at radius 2 is 1.89 bits per heavy atom. The quantitative estimate of drug-likeness (QED) is 0.345. The number of amides is 1. The molecule has 1 amide bonds. The highest BCUT2D eigenvalue weighted by Gasteiger charge is 2.20. The maximum Gasteiger partial charge on any atom is 0.332 e. The van der Waals surface area contributed by atoms with Crippen LogP contribution in [0.2, 0.25) is 0 Å². The second-order valence-electron chi connectivity index (χ2n) is 7.70. The minimum Gasteiger partial charge on any atom is -0.465 e. The van der Waals surface area contributed by atoms with Crippen LogP contribution in [0.4, 0.5) is 0 Å². The van der Waals surface area contributed by atoms with E-state index >= 15 is 0 Å². The molecule has 4 aromatic rings. The number of ether oxygens (including phenoxy) is 3. The molecule has 4 heterocycles. The van der Waals surface area contributed by atoms with Gasteiger partial charge < -0.3 is 23.3 Å². The van der Waals surface area contributed by atoms with Gasteiger partial charge in [-0.25, -0.2) is 9.78 Å². The van der Waals surface area contributed by atoms with Gasteiger partial charge in [-0.1, -0.05) is 11.3 Å². The van der Waals surface area contributed by atoms with Crippen LogP contribution in [0.1, 0.15) is 6.92 Å². The van der Waals surface area contributed by atoms with Crippen molar-refractivity contribution >= 4 is 44.6 Å². The Bertz CT molecular complexity index is 1700. The summed E-state index contributed by atoms with van der Waals surface area (Å²) in [5.41, 5.74) is -0.175. The average molecular weight is 500 g/mol. The van der Waals surface area contributed by atoms with Crippen LogP contribution in [-0.2, 0) is 41.5 Å². The molecule has 0 atom stereocenters. The molecule has 3 aromatic heterocycles. The van der Waals surface area contributed by atoms with Gasteiger partial charge >= 0.3 is 11.7 Å². The first-order chi connectivity index (χ1) is 16.8. The molecule has 0 N–H and O–H groups in total. The number of carbonyl (C=O) groups excluding carboxylic acids is 2. The number of nitrogens with zero attached hydrogens (tertiary/aromatic N) is 6. The highest BCUT2D eigenvalue weighted by atomic mass is 32.1. The van der Waals surface area contributed by atoms with Gasteiger partial charge in [0.1, 0.15) is 13.1 Å². The summed E-state index contributed by atoms with van der Waals surface area (Å²) in [5, 5.41) is 0. The van der Waals surface area contributed by atoms with Crippen molar-refractivity contribution in [1.29, 1.82) is 0 Å². The number of carbonyl (C=O) groups is 2. The number of hydrogen-bond acceptors (Lipinski definition) is 9. The Morgan fingerprint density at radius 1 is 1.14 bits per heavy atom. The Kier molecular flexibility index (Phi) is 5.51. The zero-order valence-electron chi connectivity index (χ0n) is 19.0. The lowest BCUT2D eigenvalue weighted by Crippen LogP contribution is -2.37. The Hall–Kier alpha value is -4.20. The summed E-state index contributed by atoms with van der Waals surface area (Å²) in [6.07, 6.45) is 1.32. The van der Waals surface area contributed by atoms with E-state index in [1.165, 1.54) is 40.9 Å². The predicted octanol–water partition coefficient (Wildman–Crippen LogP) is -0.131. The number of aryl methyl sites for hydroxylation is 1. The van der Waals surface area contributed by atoms with Gasteiger partial charge in [0.2, 0.25) is 6.79 Å². The van der Waals surface area contributed by atoms with Crippen molar-refractivity contribution in [2.24, 2.45) is 19.1 Å². The van der Waals surface area contributed by atoms with Crippen LogP contribution in [-0.4, -0.2) is 48.5 Å². The second-order valence-corrected chi connectivity index (χ2v) is 8.71. The van der Waals surface area contributed by atoms with Crippen molar-refractivity contribution in [1.82, 2.24) is 23.3 Å². The van der Waals surface area contributed by atoms with Crippen molar-refractivity contribution in [3.8, 4) is 11.5 Å². The van der Waals surface area contributed by atoms with Gasteiger partial charge in [0.25, 0.3) is 11.5 Å². The molecular weight excluding hydrogens is 480 g/mol. The highest BCUT2D eigenvalue weighted by Crippen LogP contribution is 2.37. The molecule has 0 fully saturated rings. The molecule has 5 rings (SSSR count). The molecule has 0 unspecified atom stereocenters. The fraction of sp³-hybridized carbons (Fsp3) is 0.333. The van der Waals surface area contributed by atoms with E-state index in [1.54, 1.807) is 23.6 Å². The van der Waals surface area contributed by atoms with Crippen molar-refractivity contribution in [2.45, 2.75) is 20.0 Å². The van der Waals surface area contributed by atoms with E-state index in [1.807, 2.05) is 0 Å². The summed E-state index contributed by atoms with van der Waals surface area (Å²) in [6.45, 7) is 1.57. The van der Waals surface area contributed by atoms with Gasteiger partial charge in [0.15, 0.2) is 27.5 Å². The first-order valence-electron chi connectivity index (χ1n) is 10.6. The number of aromatic nitrogens is 5. The largest absolute Gasteiger partial charge is 0.465 e. The third kappa shape index (κ3) is 3.80. The third-order valence-corrected chi connectivity index (χ3v) is 6.55. The predicted molar refractivity (Wildman–Crippen MR) is 123 cm³/mol. The molecule has 1 aromatic carbocycles. The van der Waals surface area contributed by atoms with E-state index in [0.29, 0.717) is 17.0 Å². The van der Waals surface area contributed by atoms with Crippen molar-refractivity contribution in [3.63, 3.8) is 0 Å². The van der Waals surface area contributed by atoms with Gasteiger partial charge in [0.05, 0.1) is 23.2 Å². The van der Waals surface area contributed by atoms with Gasteiger partial charge in [-0.05, 0) is 6.92 Å². The first-order valence-corrected chi connectivity index (χ1v) is 11.4. The standard InChI is InChI=1S/C21H20N6O7S/c1-4-32-16(29)8-27-11-5-12-13(34-10-33-12)6-14(11)35-20(27)23-15(28)7-26-9-22-18-17(26)19(30)25(3)21(31)24(18)2/h5-6,9H,4,7-8,10H2,1-3H3. The van der Waals surface area contributed by atoms with Crippen molar-refractivity contribution in [2.75, 3.05) is 13.4 Å². The molecule has 13 nitrogen and oxygen atoms in total. The molecular formula is C21H20N6O7S. The van der Waals surface area contributed by atoms with Gasteiger partial charge in [-0.3, -0.25) is 23.5 Å². The lowest BCUT2D eigenvalue weighted by molar-refractivity contribution is -0.143. The number of esters is 1. The van der Waals surface area contributed by atoms with Crippen LogP contribution in [0.25, 0.3) is 21.4 Å².